The summed E-state index contributed by atoms with van der Waals surface area (Å²) in [5.74, 6) is 0. The summed E-state index contributed by atoms with van der Waals surface area (Å²) in [6, 6.07) is 74.5. The van der Waals surface area contributed by atoms with Crippen LogP contribution < -0.4 is 4.90 Å². The highest BCUT2D eigenvalue weighted by Crippen LogP contribution is 2.53. The molecule has 1 aromatic heterocycles. The number of benzene rings is 9. The van der Waals surface area contributed by atoms with E-state index in [4.69, 9.17) is 0 Å². The highest BCUT2D eigenvalue weighted by atomic mass is 15.1. The minimum absolute atomic E-state index is 0.111. The van der Waals surface area contributed by atoms with Gasteiger partial charge in [0.05, 0.1) is 11.0 Å². The molecule has 0 atom stereocenters. The molecule has 0 amide bonds. The maximum Gasteiger partial charge on any atom is 0.0547 e. The highest BCUT2D eigenvalue weighted by Gasteiger charge is 2.37. The fourth-order valence-electron chi connectivity index (χ4n) is 11.1. The fraction of sp³-hybridized carbons (Fsp3) is 0.115. The first-order valence-electron chi connectivity index (χ1n) is 22.3. The standard InChI is InChI=1S/C61H48N2/c1-39-35-44(28-32-47(39)42-25-31-53-52-19-11-14-22-58(52)63(59(53)36-42)43-26-23-41(24-27-43)40-15-7-6-8-16-40)62(45-29-33-50-48-17-9-12-20-54(48)60(2,3)56(50)37-45)46-30-34-51-49-18-10-13-21-55(49)61(4,5)57(51)38-46/h6-38H,1-5H3. The zero-order valence-corrected chi connectivity index (χ0v) is 36.4. The lowest BCUT2D eigenvalue weighted by Crippen LogP contribution is -2.18. The van der Waals surface area contributed by atoms with E-state index in [1.807, 2.05) is 0 Å². The number of hydrogen-bond acceptors (Lipinski definition) is 1. The molecule has 0 aliphatic heterocycles. The van der Waals surface area contributed by atoms with Gasteiger partial charge in [0.2, 0.25) is 0 Å². The van der Waals surface area contributed by atoms with Crippen molar-refractivity contribution in [2.75, 3.05) is 4.90 Å². The van der Waals surface area contributed by atoms with Gasteiger partial charge in [0.1, 0.15) is 0 Å². The Kier molecular flexibility index (Phi) is 8.18. The lowest BCUT2D eigenvalue weighted by atomic mass is 9.82. The number of nitrogens with zero attached hydrogens (tertiary/aromatic N) is 2. The van der Waals surface area contributed by atoms with Crippen LogP contribution in [0.2, 0.25) is 0 Å². The average Bonchev–Trinajstić information content (AvgIpc) is 3.86. The predicted octanol–water partition coefficient (Wildman–Crippen LogP) is 16.5. The molecule has 10 aromatic rings. The second kappa shape index (κ2) is 13.8. The highest BCUT2D eigenvalue weighted by molar-refractivity contribution is 6.10. The summed E-state index contributed by atoms with van der Waals surface area (Å²) in [5.41, 5.74) is 23.8. The molecule has 0 fully saturated rings. The average molecular weight is 809 g/mol. The fourth-order valence-corrected chi connectivity index (χ4v) is 11.1. The summed E-state index contributed by atoms with van der Waals surface area (Å²) in [7, 11) is 0. The first kappa shape index (κ1) is 37.4. The van der Waals surface area contributed by atoms with Crippen LogP contribution in [-0.2, 0) is 10.8 Å². The largest absolute Gasteiger partial charge is 0.310 e. The molecule has 2 heteroatoms. The van der Waals surface area contributed by atoms with Crippen LogP contribution in [0.5, 0.6) is 0 Å². The molecule has 0 unspecified atom stereocenters. The smallest absolute Gasteiger partial charge is 0.0547 e. The van der Waals surface area contributed by atoms with Gasteiger partial charge in [-0.3, -0.25) is 0 Å². The Morgan fingerprint density at radius 1 is 0.349 bits per heavy atom. The van der Waals surface area contributed by atoms with E-state index in [-0.39, 0.29) is 10.8 Å². The second-order valence-corrected chi connectivity index (χ2v) is 18.6. The zero-order valence-electron chi connectivity index (χ0n) is 36.4. The van der Waals surface area contributed by atoms with Crippen molar-refractivity contribution in [3.8, 4) is 50.2 Å². The SMILES string of the molecule is Cc1cc(N(c2ccc3c(c2)C(C)(C)c2ccccc2-3)c2ccc3c(c2)C(C)(C)c2ccccc2-3)ccc1-c1ccc2c3ccccc3n(-c3ccc(-c4ccccc4)cc3)c2c1. The van der Waals surface area contributed by atoms with Crippen molar-refractivity contribution in [2.24, 2.45) is 0 Å². The molecular formula is C61H48N2. The molecule has 0 spiro atoms. The van der Waals surface area contributed by atoms with E-state index < -0.39 is 0 Å². The summed E-state index contributed by atoms with van der Waals surface area (Å²) in [6.45, 7) is 11.8. The lowest BCUT2D eigenvalue weighted by Gasteiger charge is -2.30. The molecule has 0 N–H and O–H groups in total. The van der Waals surface area contributed by atoms with E-state index >= 15 is 0 Å². The molecule has 9 aromatic carbocycles. The van der Waals surface area contributed by atoms with Crippen LogP contribution in [0, 0.1) is 6.92 Å². The number of aryl methyl sites for hydroxylation is 1. The van der Waals surface area contributed by atoms with Crippen molar-refractivity contribution < 1.29 is 0 Å². The Bertz CT molecular complexity index is 3350. The molecule has 2 aliphatic carbocycles. The van der Waals surface area contributed by atoms with Crippen LogP contribution in [-0.4, -0.2) is 4.57 Å². The molecule has 302 valence electrons. The van der Waals surface area contributed by atoms with Crippen LogP contribution in [0.4, 0.5) is 17.1 Å². The minimum Gasteiger partial charge on any atom is -0.310 e. The third kappa shape index (κ3) is 5.64. The first-order valence-corrected chi connectivity index (χ1v) is 22.3. The number of rotatable bonds is 6. The van der Waals surface area contributed by atoms with Crippen molar-refractivity contribution >= 4 is 38.9 Å². The number of para-hydroxylation sites is 1. The molecule has 0 radical (unpaired) electrons. The number of hydrogen-bond donors (Lipinski definition) is 0. The number of aromatic nitrogens is 1. The van der Waals surface area contributed by atoms with Crippen LogP contribution in [0.1, 0.15) is 55.5 Å². The Labute approximate surface area is 370 Å². The third-order valence-corrected chi connectivity index (χ3v) is 14.3. The van der Waals surface area contributed by atoms with Gasteiger partial charge in [-0.25, -0.2) is 0 Å². The maximum atomic E-state index is 2.48. The lowest BCUT2D eigenvalue weighted by molar-refractivity contribution is 0.660. The van der Waals surface area contributed by atoms with Gasteiger partial charge >= 0.3 is 0 Å². The van der Waals surface area contributed by atoms with Crippen molar-refractivity contribution in [2.45, 2.75) is 45.4 Å². The molecule has 1 heterocycles. The summed E-state index contributed by atoms with van der Waals surface area (Å²) >= 11 is 0. The van der Waals surface area contributed by atoms with Crippen molar-refractivity contribution in [3.63, 3.8) is 0 Å². The zero-order chi connectivity index (χ0) is 42.6. The number of anilines is 3. The molecule has 0 bridgehead atoms. The maximum absolute atomic E-state index is 2.48. The molecule has 2 nitrogen and oxygen atoms in total. The Balaban J connectivity index is 0.988. The minimum atomic E-state index is -0.111. The van der Waals surface area contributed by atoms with Gasteiger partial charge in [-0.1, -0.05) is 167 Å². The predicted molar refractivity (Wildman–Crippen MR) is 266 cm³/mol. The summed E-state index contributed by atoms with van der Waals surface area (Å²) < 4.78 is 2.43. The van der Waals surface area contributed by atoms with Gasteiger partial charge in [0, 0.05) is 44.4 Å². The second-order valence-electron chi connectivity index (χ2n) is 18.6. The summed E-state index contributed by atoms with van der Waals surface area (Å²) in [6.07, 6.45) is 0. The van der Waals surface area contributed by atoms with Gasteiger partial charge in [-0.05, 0) is 140 Å². The van der Waals surface area contributed by atoms with E-state index in [1.54, 1.807) is 0 Å². The van der Waals surface area contributed by atoms with E-state index in [9.17, 15) is 0 Å². The molecule has 2 aliphatic rings. The van der Waals surface area contributed by atoms with E-state index in [2.05, 4.69) is 244 Å². The number of fused-ring (bicyclic) bond motifs is 9. The van der Waals surface area contributed by atoms with Crippen LogP contribution in [0.3, 0.4) is 0 Å². The molecule has 0 saturated carbocycles. The van der Waals surface area contributed by atoms with Gasteiger partial charge in [0.25, 0.3) is 0 Å². The monoisotopic (exact) mass is 808 g/mol. The molecule has 12 rings (SSSR count). The van der Waals surface area contributed by atoms with Gasteiger partial charge in [-0.2, -0.15) is 0 Å². The van der Waals surface area contributed by atoms with Crippen molar-refractivity contribution in [3.05, 3.63) is 228 Å². The quantitative estimate of drug-likeness (QED) is 0.162. The summed E-state index contributed by atoms with van der Waals surface area (Å²) in [4.78, 5) is 2.48. The van der Waals surface area contributed by atoms with Crippen LogP contribution in [0.15, 0.2) is 200 Å². The third-order valence-electron chi connectivity index (χ3n) is 14.3. The molecule has 63 heavy (non-hydrogen) atoms. The van der Waals surface area contributed by atoms with Gasteiger partial charge in [-0.15, -0.1) is 0 Å². The van der Waals surface area contributed by atoms with Gasteiger partial charge < -0.3 is 9.47 Å². The van der Waals surface area contributed by atoms with E-state index in [0.29, 0.717) is 0 Å². The summed E-state index contributed by atoms with van der Waals surface area (Å²) in [5, 5.41) is 2.51. The van der Waals surface area contributed by atoms with Crippen molar-refractivity contribution in [1.82, 2.24) is 4.57 Å². The first-order chi connectivity index (χ1) is 30.7. The van der Waals surface area contributed by atoms with Crippen LogP contribution >= 0.6 is 0 Å². The Morgan fingerprint density at radius 3 is 1.44 bits per heavy atom. The topological polar surface area (TPSA) is 8.17 Å². The van der Waals surface area contributed by atoms with E-state index in [1.165, 1.54) is 106 Å². The molecule has 0 saturated heterocycles. The molecular weight excluding hydrogens is 761 g/mol. The normalized spacial score (nSPS) is 14.0. The Morgan fingerprint density at radius 2 is 0.825 bits per heavy atom. The van der Waals surface area contributed by atoms with Crippen LogP contribution in [0.25, 0.3) is 72.0 Å². The Hall–Kier alpha value is -7.42. The van der Waals surface area contributed by atoms with E-state index in [0.717, 1.165) is 11.4 Å². The van der Waals surface area contributed by atoms with Crippen molar-refractivity contribution in [1.29, 1.82) is 0 Å². The van der Waals surface area contributed by atoms with Gasteiger partial charge in [0.15, 0.2) is 0 Å².